The minimum Gasteiger partial charge on any atom is -0.480 e. The predicted molar refractivity (Wildman–Crippen MR) is 83.4 cm³/mol. The Hall–Kier alpha value is -0.610. The van der Waals surface area contributed by atoms with Gasteiger partial charge in [-0.3, -0.25) is 4.79 Å². The number of likely N-dealkylation sites (tertiary alicyclic amines) is 1. The van der Waals surface area contributed by atoms with Gasteiger partial charge in [0.05, 0.1) is 0 Å². The lowest BCUT2D eigenvalue weighted by molar-refractivity contribution is -0.144. The summed E-state index contributed by atoms with van der Waals surface area (Å²) in [5.74, 6) is -0.656. The largest absolute Gasteiger partial charge is 0.480 e. The Morgan fingerprint density at radius 3 is 2.43 bits per heavy atom. The van der Waals surface area contributed by atoms with Crippen molar-refractivity contribution in [3.63, 3.8) is 0 Å². The van der Waals surface area contributed by atoms with Crippen molar-refractivity contribution in [3.8, 4) is 0 Å². The highest BCUT2D eigenvalue weighted by Gasteiger charge is 2.47. The molecular formula is C17H30N2O2. The molecule has 2 unspecified atom stereocenters. The third-order valence-electron chi connectivity index (χ3n) is 6.45. The molecule has 1 aliphatic heterocycles. The summed E-state index contributed by atoms with van der Waals surface area (Å²) in [6.45, 7) is 5.11. The smallest absolute Gasteiger partial charge is 0.323 e. The molecule has 1 spiro atoms. The molecule has 2 atom stereocenters. The van der Waals surface area contributed by atoms with Crippen LogP contribution in [0.2, 0.25) is 0 Å². The van der Waals surface area contributed by atoms with Crippen molar-refractivity contribution in [2.45, 2.75) is 76.3 Å². The summed E-state index contributed by atoms with van der Waals surface area (Å²) in [6.07, 6.45) is 11.0. The molecule has 120 valence electrons. The van der Waals surface area contributed by atoms with E-state index in [9.17, 15) is 9.90 Å². The van der Waals surface area contributed by atoms with Crippen LogP contribution in [0.15, 0.2) is 0 Å². The quantitative estimate of drug-likeness (QED) is 0.837. The van der Waals surface area contributed by atoms with Gasteiger partial charge in [-0.15, -0.1) is 0 Å². The summed E-state index contributed by atoms with van der Waals surface area (Å²) >= 11 is 0. The van der Waals surface area contributed by atoms with Gasteiger partial charge in [0.25, 0.3) is 0 Å². The lowest BCUT2D eigenvalue weighted by Gasteiger charge is -2.42. The maximum atomic E-state index is 11.7. The van der Waals surface area contributed by atoms with Crippen molar-refractivity contribution in [1.82, 2.24) is 10.2 Å². The topological polar surface area (TPSA) is 52.6 Å². The van der Waals surface area contributed by atoms with E-state index in [2.05, 4.69) is 10.2 Å². The third kappa shape index (κ3) is 2.85. The van der Waals surface area contributed by atoms with Gasteiger partial charge in [0, 0.05) is 6.04 Å². The molecule has 0 aromatic heterocycles. The molecule has 3 rings (SSSR count). The average molecular weight is 294 g/mol. The lowest BCUT2D eigenvalue weighted by Crippen LogP contribution is -2.52. The first kappa shape index (κ1) is 15.3. The van der Waals surface area contributed by atoms with Crippen molar-refractivity contribution >= 4 is 5.97 Å². The van der Waals surface area contributed by atoms with Crippen LogP contribution in [0.4, 0.5) is 0 Å². The highest BCUT2D eigenvalue weighted by molar-refractivity contribution is 5.79. The number of rotatable bonds is 4. The minimum absolute atomic E-state index is 0.471. The van der Waals surface area contributed by atoms with Gasteiger partial charge in [0.15, 0.2) is 0 Å². The molecule has 2 aliphatic carbocycles. The molecule has 0 aromatic carbocycles. The number of carboxylic acid groups (broad SMARTS) is 1. The highest BCUT2D eigenvalue weighted by atomic mass is 16.4. The fraction of sp³-hybridized carbons (Fsp3) is 0.941. The molecular weight excluding hydrogens is 264 g/mol. The molecule has 0 bridgehead atoms. The lowest BCUT2D eigenvalue weighted by atomic mass is 9.76. The van der Waals surface area contributed by atoms with E-state index in [1.54, 1.807) is 0 Å². The Labute approximate surface area is 128 Å². The molecule has 1 saturated heterocycles. The second-order valence-corrected chi connectivity index (χ2v) is 7.56. The van der Waals surface area contributed by atoms with E-state index in [0.29, 0.717) is 11.5 Å². The summed E-state index contributed by atoms with van der Waals surface area (Å²) in [5, 5.41) is 12.8. The van der Waals surface area contributed by atoms with E-state index in [-0.39, 0.29) is 0 Å². The third-order valence-corrected chi connectivity index (χ3v) is 6.45. The fourth-order valence-electron chi connectivity index (χ4n) is 5.09. The van der Waals surface area contributed by atoms with Crippen LogP contribution in [0.25, 0.3) is 0 Å². The van der Waals surface area contributed by atoms with Crippen LogP contribution in [0.1, 0.15) is 64.7 Å². The molecule has 4 nitrogen and oxygen atoms in total. The summed E-state index contributed by atoms with van der Waals surface area (Å²) < 4.78 is 0. The molecule has 3 aliphatic rings. The SMILES string of the molecule is CCNC1(C(=O)O)CCC(N2CCC3(CCCC3)CC2)C1. The normalized spacial score (nSPS) is 36.3. The maximum Gasteiger partial charge on any atom is 0.323 e. The van der Waals surface area contributed by atoms with Gasteiger partial charge >= 0.3 is 5.97 Å². The monoisotopic (exact) mass is 294 g/mol. The van der Waals surface area contributed by atoms with Crippen molar-refractivity contribution in [3.05, 3.63) is 0 Å². The molecule has 0 amide bonds. The van der Waals surface area contributed by atoms with E-state index in [0.717, 1.165) is 25.8 Å². The van der Waals surface area contributed by atoms with Crippen LogP contribution >= 0.6 is 0 Å². The zero-order valence-electron chi connectivity index (χ0n) is 13.4. The molecule has 21 heavy (non-hydrogen) atoms. The Balaban J connectivity index is 1.58. The zero-order chi connectivity index (χ0) is 14.9. The van der Waals surface area contributed by atoms with Gasteiger partial charge in [0.1, 0.15) is 5.54 Å². The maximum absolute atomic E-state index is 11.7. The number of piperidine rings is 1. The van der Waals surface area contributed by atoms with Crippen molar-refractivity contribution < 1.29 is 9.90 Å². The molecule has 1 heterocycles. The van der Waals surface area contributed by atoms with Crippen LogP contribution in [-0.2, 0) is 4.79 Å². The molecule has 0 aromatic rings. The minimum atomic E-state index is -0.665. The van der Waals surface area contributed by atoms with E-state index in [1.165, 1.54) is 51.6 Å². The number of nitrogens with one attached hydrogen (secondary N) is 1. The van der Waals surface area contributed by atoms with Gasteiger partial charge in [-0.25, -0.2) is 0 Å². The number of hydrogen-bond donors (Lipinski definition) is 2. The molecule has 0 radical (unpaired) electrons. The summed E-state index contributed by atoms with van der Waals surface area (Å²) in [5.41, 5.74) is -0.0113. The summed E-state index contributed by atoms with van der Waals surface area (Å²) in [4.78, 5) is 14.3. The second kappa shape index (κ2) is 5.88. The van der Waals surface area contributed by atoms with Crippen LogP contribution < -0.4 is 5.32 Å². The first-order valence-electron chi connectivity index (χ1n) is 8.82. The number of likely N-dealkylation sites (N-methyl/N-ethyl adjacent to an activating group) is 1. The highest BCUT2D eigenvalue weighted by Crippen LogP contribution is 2.47. The van der Waals surface area contributed by atoms with E-state index >= 15 is 0 Å². The fourth-order valence-corrected chi connectivity index (χ4v) is 5.09. The summed E-state index contributed by atoms with van der Waals surface area (Å²) in [6, 6.07) is 0.471. The number of nitrogens with zero attached hydrogens (tertiary/aromatic N) is 1. The van der Waals surface area contributed by atoms with Crippen LogP contribution in [0, 0.1) is 5.41 Å². The van der Waals surface area contributed by atoms with Gasteiger partial charge in [0.2, 0.25) is 0 Å². The number of carboxylic acids is 1. The number of carbonyl (C=O) groups is 1. The second-order valence-electron chi connectivity index (χ2n) is 7.56. The van der Waals surface area contributed by atoms with E-state index in [4.69, 9.17) is 0 Å². The summed E-state index contributed by atoms with van der Waals surface area (Å²) in [7, 11) is 0. The standard InChI is InChI=1S/C17H30N2O2/c1-2-18-17(15(20)21)8-5-14(13-17)19-11-9-16(10-12-19)6-3-4-7-16/h14,18H,2-13H2,1H3,(H,20,21). The van der Waals surface area contributed by atoms with E-state index < -0.39 is 11.5 Å². The Bertz CT molecular complexity index is 382. The van der Waals surface area contributed by atoms with Gasteiger partial charge < -0.3 is 15.3 Å². The Morgan fingerprint density at radius 1 is 1.19 bits per heavy atom. The molecule has 3 fully saturated rings. The Kier molecular flexibility index (Phi) is 4.28. The van der Waals surface area contributed by atoms with Crippen LogP contribution in [0.3, 0.4) is 0 Å². The van der Waals surface area contributed by atoms with Crippen molar-refractivity contribution in [1.29, 1.82) is 0 Å². The first-order chi connectivity index (χ1) is 10.1. The molecule has 2 saturated carbocycles. The van der Waals surface area contributed by atoms with Gasteiger partial charge in [-0.1, -0.05) is 19.8 Å². The predicted octanol–water partition coefficient (Wildman–Crippen LogP) is 2.63. The van der Waals surface area contributed by atoms with Gasteiger partial charge in [-0.2, -0.15) is 0 Å². The molecule has 2 N–H and O–H groups in total. The average Bonchev–Trinajstić information content (AvgIpc) is 3.09. The zero-order valence-corrected chi connectivity index (χ0v) is 13.4. The van der Waals surface area contributed by atoms with Crippen molar-refractivity contribution in [2.24, 2.45) is 5.41 Å². The number of hydrogen-bond acceptors (Lipinski definition) is 3. The van der Waals surface area contributed by atoms with Crippen LogP contribution in [-0.4, -0.2) is 47.2 Å². The van der Waals surface area contributed by atoms with Crippen molar-refractivity contribution in [2.75, 3.05) is 19.6 Å². The first-order valence-corrected chi connectivity index (χ1v) is 8.82. The number of aliphatic carboxylic acids is 1. The van der Waals surface area contributed by atoms with Crippen LogP contribution in [0.5, 0.6) is 0 Å². The Morgan fingerprint density at radius 2 is 1.86 bits per heavy atom. The van der Waals surface area contributed by atoms with Gasteiger partial charge in [-0.05, 0) is 70.0 Å². The van der Waals surface area contributed by atoms with E-state index in [1.807, 2.05) is 6.92 Å². The molecule has 4 heteroatoms.